The zero-order valence-electron chi connectivity index (χ0n) is 17.5. The van der Waals surface area contributed by atoms with E-state index in [0.29, 0.717) is 32.8 Å². The van der Waals surface area contributed by atoms with Crippen molar-refractivity contribution in [2.24, 2.45) is 0 Å². The van der Waals surface area contributed by atoms with E-state index in [1.54, 1.807) is 49.6 Å². The SMILES string of the molecule is COc1ccc(/C=C(\C#N)C(=O)Nc2ccc(C)c(Cl)c2)c(OCc2ccccc2Cl)c1. The molecule has 1 N–H and O–H groups in total. The summed E-state index contributed by atoms with van der Waals surface area (Å²) in [5.74, 6) is 0.469. The Balaban J connectivity index is 1.87. The van der Waals surface area contributed by atoms with Crippen LogP contribution in [0.3, 0.4) is 0 Å². The Morgan fingerprint density at radius 2 is 1.88 bits per heavy atom. The van der Waals surface area contributed by atoms with Crippen LogP contribution < -0.4 is 14.8 Å². The number of ether oxygens (including phenoxy) is 2. The lowest BCUT2D eigenvalue weighted by molar-refractivity contribution is -0.112. The van der Waals surface area contributed by atoms with E-state index in [-0.39, 0.29) is 12.2 Å². The Kier molecular flexibility index (Phi) is 7.77. The molecule has 0 aromatic heterocycles. The molecule has 0 bridgehead atoms. The molecule has 3 rings (SSSR count). The number of aryl methyl sites for hydroxylation is 1. The van der Waals surface area contributed by atoms with E-state index >= 15 is 0 Å². The number of nitrogens with zero attached hydrogens (tertiary/aromatic N) is 1. The first kappa shape index (κ1) is 23.2. The van der Waals surface area contributed by atoms with Crippen LogP contribution in [-0.2, 0) is 11.4 Å². The smallest absolute Gasteiger partial charge is 0.266 e. The van der Waals surface area contributed by atoms with Crippen LogP contribution in [0.2, 0.25) is 10.0 Å². The van der Waals surface area contributed by atoms with E-state index in [1.807, 2.05) is 31.2 Å². The molecule has 0 radical (unpaired) electrons. The predicted octanol–water partition coefficient (Wildman–Crippen LogP) is 6.44. The van der Waals surface area contributed by atoms with Crippen molar-refractivity contribution in [1.82, 2.24) is 0 Å². The number of methoxy groups -OCH3 is 1. The third-order valence-corrected chi connectivity index (χ3v) is 5.43. The van der Waals surface area contributed by atoms with Crippen molar-refractivity contribution in [3.63, 3.8) is 0 Å². The van der Waals surface area contributed by atoms with E-state index in [2.05, 4.69) is 5.32 Å². The normalized spacial score (nSPS) is 10.9. The van der Waals surface area contributed by atoms with E-state index in [1.165, 1.54) is 6.08 Å². The van der Waals surface area contributed by atoms with Crippen molar-refractivity contribution in [3.05, 3.63) is 93.0 Å². The van der Waals surface area contributed by atoms with Crippen molar-refractivity contribution >= 4 is 40.9 Å². The van der Waals surface area contributed by atoms with Gasteiger partial charge in [-0.2, -0.15) is 5.26 Å². The van der Waals surface area contributed by atoms with Crippen molar-refractivity contribution in [3.8, 4) is 17.6 Å². The van der Waals surface area contributed by atoms with Gasteiger partial charge in [0.25, 0.3) is 5.91 Å². The number of hydrogen-bond acceptors (Lipinski definition) is 4. The number of rotatable bonds is 7. The summed E-state index contributed by atoms with van der Waals surface area (Å²) in [4.78, 5) is 12.7. The molecular weight excluding hydrogens is 447 g/mol. The second-order valence-electron chi connectivity index (χ2n) is 6.87. The summed E-state index contributed by atoms with van der Waals surface area (Å²) in [6.07, 6.45) is 1.46. The topological polar surface area (TPSA) is 71.3 Å². The highest BCUT2D eigenvalue weighted by Crippen LogP contribution is 2.29. The first-order valence-electron chi connectivity index (χ1n) is 9.65. The lowest BCUT2D eigenvalue weighted by Crippen LogP contribution is -2.13. The minimum absolute atomic E-state index is 0.0885. The Bertz CT molecular complexity index is 1220. The molecule has 0 aliphatic carbocycles. The molecule has 3 aromatic carbocycles. The second kappa shape index (κ2) is 10.7. The molecule has 5 nitrogen and oxygen atoms in total. The van der Waals surface area contributed by atoms with E-state index in [9.17, 15) is 10.1 Å². The predicted molar refractivity (Wildman–Crippen MR) is 127 cm³/mol. The van der Waals surface area contributed by atoms with Crippen LogP contribution in [0.15, 0.2) is 66.2 Å². The maximum absolute atomic E-state index is 12.7. The summed E-state index contributed by atoms with van der Waals surface area (Å²) < 4.78 is 11.2. The number of amides is 1. The number of benzene rings is 3. The third-order valence-electron chi connectivity index (χ3n) is 4.66. The van der Waals surface area contributed by atoms with Gasteiger partial charge in [-0.3, -0.25) is 4.79 Å². The number of carbonyl (C=O) groups is 1. The Morgan fingerprint density at radius 1 is 1.09 bits per heavy atom. The zero-order chi connectivity index (χ0) is 23.1. The molecule has 3 aromatic rings. The molecule has 0 spiro atoms. The largest absolute Gasteiger partial charge is 0.497 e. The number of carbonyl (C=O) groups excluding carboxylic acids is 1. The number of anilines is 1. The van der Waals surface area contributed by atoms with E-state index in [4.69, 9.17) is 32.7 Å². The number of nitrogens with one attached hydrogen (secondary N) is 1. The highest BCUT2D eigenvalue weighted by Gasteiger charge is 2.13. The molecule has 1 amide bonds. The fraction of sp³-hybridized carbons (Fsp3) is 0.120. The van der Waals surface area contributed by atoms with Gasteiger partial charge in [0, 0.05) is 32.9 Å². The average molecular weight is 467 g/mol. The maximum Gasteiger partial charge on any atom is 0.266 e. The van der Waals surface area contributed by atoms with Gasteiger partial charge < -0.3 is 14.8 Å². The molecule has 0 aliphatic rings. The maximum atomic E-state index is 12.7. The Morgan fingerprint density at radius 3 is 2.56 bits per heavy atom. The number of nitriles is 1. The second-order valence-corrected chi connectivity index (χ2v) is 7.69. The molecule has 0 saturated carbocycles. The first-order valence-corrected chi connectivity index (χ1v) is 10.4. The molecular formula is C25H20Cl2N2O3. The molecule has 162 valence electrons. The summed E-state index contributed by atoms with van der Waals surface area (Å²) in [6, 6.07) is 19.6. The molecule has 0 atom stereocenters. The third kappa shape index (κ3) is 5.82. The van der Waals surface area contributed by atoms with Crippen molar-refractivity contribution < 1.29 is 14.3 Å². The van der Waals surface area contributed by atoms with E-state index < -0.39 is 5.91 Å². The van der Waals surface area contributed by atoms with Crippen LogP contribution in [0.4, 0.5) is 5.69 Å². The van der Waals surface area contributed by atoms with Crippen LogP contribution >= 0.6 is 23.2 Å². The lowest BCUT2D eigenvalue weighted by Gasteiger charge is -2.12. The number of hydrogen-bond donors (Lipinski definition) is 1. The summed E-state index contributed by atoms with van der Waals surface area (Å²) in [5, 5.41) is 13.4. The molecule has 0 saturated heterocycles. The summed E-state index contributed by atoms with van der Waals surface area (Å²) in [7, 11) is 1.55. The first-order chi connectivity index (χ1) is 15.4. The standard InChI is InChI=1S/C25H20Cl2N2O3/c1-16-7-9-20(12-23(16)27)29-25(30)19(14-28)11-17-8-10-21(31-2)13-24(17)32-15-18-5-3-4-6-22(18)26/h3-13H,15H2,1-2H3,(H,29,30)/b19-11+. The molecule has 32 heavy (non-hydrogen) atoms. The van der Waals surface area contributed by atoms with Crippen LogP contribution in [0.1, 0.15) is 16.7 Å². The fourth-order valence-corrected chi connectivity index (χ4v) is 3.20. The van der Waals surface area contributed by atoms with Crippen molar-refractivity contribution in [1.29, 1.82) is 5.26 Å². The minimum atomic E-state index is -0.555. The van der Waals surface area contributed by atoms with Gasteiger partial charge in [0.15, 0.2) is 0 Å². The Labute approximate surface area is 196 Å². The molecule has 0 unspecified atom stereocenters. The molecule has 0 heterocycles. The fourth-order valence-electron chi connectivity index (χ4n) is 2.83. The Hall–Kier alpha value is -3.46. The van der Waals surface area contributed by atoms with Crippen LogP contribution in [0.5, 0.6) is 11.5 Å². The van der Waals surface area contributed by atoms with Crippen LogP contribution in [0.25, 0.3) is 6.08 Å². The highest BCUT2D eigenvalue weighted by molar-refractivity contribution is 6.31. The number of halogens is 2. The van der Waals surface area contributed by atoms with Gasteiger partial charge in [0.2, 0.25) is 0 Å². The molecule has 0 aliphatic heterocycles. The molecule has 0 fully saturated rings. The highest BCUT2D eigenvalue weighted by atomic mass is 35.5. The van der Waals surface area contributed by atoms with E-state index in [0.717, 1.165) is 11.1 Å². The summed E-state index contributed by atoms with van der Waals surface area (Å²) >= 11 is 12.3. The van der Waals surface area contributed by atoms with Crippen molar-refractivity contribution in [2.45, 2.75) is 13.5 Å². The van der Waals surface area contributed by atoms with Gasteiger partial charge in [-0.05, 0) is 48.9 Å². The van der Waals surface area contributed by atoms with Gasteiger partial charge >= 0.3 is 0 Å². The van der Waals surface area contributed by atoms with Gasteiger partial charge in [-0.25, -0.2) is 0 Å². The minimum Gasteiger partial charge on any atom is -0.497 e. The summed E-state index contributed by atoms with van der Waals surface area (Å²) in [5.41, 5.74) is 2.65. The van der Waals surface area contributed by atoms with Gasteiger partial charge in [-0.1, -0.05) is 47.5 Å². The van der Waals surface area contributed by atoms with Gasteiger partial charge in [0.1, 0.15) is 29.7 Å². The quantitative estimate of drug-likeness (QED) is 0.321. The average Bonchev–Trinajstić information content (AvgIpc) is 2.79. The van der Waals surface area contributed by atoms with Crippen LogP contribution in [-0.4, -0.2) is 13.0 Å². The monoisotopic (exact) mass is 466 g/mol. The zero-order valence-corrected chi connectivity index (χ0v) is 19.0. The van der Waals surface area contributed by atoms with Gasteiger partial charge in [0.05, 0.1) is 7.11 Å². The van der Waals surface area contributed by atoms with Crippen molar-refractivity contribution in [2.75, 3.05) is 12.4 Å². The molecule has 7 heteroatoms. The van der Waals surface area contributed by atoms with Gasteiger partial charge in [-0.15, -0.1) is 0 Å². The van der Waals surface area contributed by atoms with Crippen LogP contribution in [0, 0.1) is 18.3 Å². The lowest BCUT2D eigenvalue weighted by atomic mass is 10.1. The summed E-state index contributed by atoms with van der Waals surface area (Å²) in [6.45, 7) is 2.08.